The predicted molar refractivity (Wildman–Crippen MR) is 87.0 cm³/mol. The van der Waals surface area contributed by atoms with Crippen LogP contribution in [0.3, 0.4) is 0 Å². The number of ether oxygens (including phenoxy) is 2. The van der Waals surface area contributed by atoms with Crippen molar-refractivity contribution in [1.29, 1.82) is 0 Å². The Balaban J connectivity index is 1.98. The number of hydrogen-bond acceptors (Lipinski definition) is 6. The number of anilines is 1. The lowest BCUT2D eigenvalue weighted by atomic mass is 10.0. The first kappa shape index (κ1) is 15.6. The van der Waals surface area contributed by atoms with Gasteiger partial charge in [-0.3, -0.25) is 0 Å². The van der Waals surface area contributed by atoms with E-state index in [2.05, 4.69) is 9.97 Å². The van der Waals surface area contributed by atoms with Crippen molar-refractivity contribution in [1.82, 2.24) is 9.97 Å². The molecule has 3 rings (SSSR count). The molecule has 0 saturated carbocycles. The summed E-state index contributed by atoms with van der Waals surface area (Å²) in [6.07, 6.45) is 0.216. The number of aliphatic hydroxyl groups is 1. The van der Waals surface area contributed by atoms with Crippen LogP contribution in [0.5, 0.6) is 11.6 Å². The molecule has 1 N–H and O–H groups in total. The average Bonchev–Trinajstić information content (AvgIpc) is 2.96. The molecular formula is C17H21N3O3. The van der Waals surface area contributed by atoms with Crippen LogP contribution >= 0.6 is 0 Å². The molecule has 2 atom stereocenters. The molecule has 2 aromatic rings. The Morgan fingerprint density at radius 2 is 2.00 bits per heavy atom. The van der Waals surface area contributed by atoms with Crippen LogP contribution in [0.4, 0.5) is 5.95 Å². The molecule has 2 heterocycles. The van der Waals surface area contributed by atoms with E-state index in [0.717, 1.165) is 17.0 Å². The van der Waals surface area contributed by atoms with Gasteiger partial charge < -0.3 is 19.5 Å². The predicted octanol–water partition coefficient (Wildman–Crippen LogP) is 2.11. The van der Waals surface area contributed by atoms with Gasteiger partial charge in [-0.15, -0.1) is 0 Å². The Labute approximate surface area is 135 Å². The lowest BCUT2D eigenvalue weighted by molar-refractivity contribution is 0.194. The van der Waals surface area contributed by atoms with E-state index in [0.29, 0.717) is 24.8 Å². The molecule has 122 valence electrons. The normalized spacial score (nSPS) is 20.6. The first-order valence-corrected chi connectivity index (χ1v) is 7.59. The maximum absolute atomic E-state index is 10.2. The topological polar surface area (TPSA) is 67.7 Å². The number of aromatic nitrogens is 2. The van der Waals surface area contributed by atoms with Gasteiger partial charge in [0.1, 0.15) is 5.75 Å². The quantitative estimate of drug-likeness (QED) is 0.932. The Kier molecular flexibility index (Phi) is 4.34. The fourth-order valence-electron chi connectivity index (χ4n) is 2.96. The van der Waals surface area contributed by atoms with E-state index >= 15 is 0 Å². The number of aliphatic hydroxyl groups excluding tert-OH is 1. The standard InChI is InChI=1S/C17H21N3O3/c1-11-7-16(23-3)19-17(18-11)20-10-13(21)9-15(20)12-5-4-6-14(8-12)22-2/h4-8,13,15,21H,9-10H2,1-3H3/t13-,15-/m0/s1. The van der Waals surface area contributed by atoms with Gasteiger partial charge in [0.25, 0.3) is 0 Å². The van der Waals surface area contributed by atoms with Crippen LogP contribution < -0.4 is 14.4 Å². The molecule has 0 aliphatic carbocycles. The molecule has 1 saturated heterocycles. The Morgan fingerprint density at radius 1 is 1.17 bits per heavy atom. The molecule has 0 radical (unpaired) electrons. The highest BCUT2D eigenvalue weighted by atomic mass is 16.5. The van der Waals surface area contributed by atoms with E-state index in [4.69, 9.17) is 9.47 Å². The van der Waals surface area contributed by atoms with E-state index < -0.39 is 6.10 Å². The molecule has 1 aliphatic heterocycles. The summed E-state index contributed by atoms with van der Waals surface area (Å²) in [5.74, 6) is 1.90. The van der Waals surface area contributed by atoms with Crippen LogP contribution in [0.1, 0.15) is 23.7 Å². The zero-order chi connectivity index (χ0) is 16.4. The minimum absolute atomic E-state index is 0.00612. The summed E-state index contributed by atoms with van der Waals surface area (Å²) in [4.78, 5) is 11.0. The minimum atomic E-state index is -0.415. The molecule has 0 amide bonds. The third-order valence-corrected chi connectivity index (χ3v) is 4.04. The van der Waals surface area contributed by atoms with E-state index in [1.54, 1.807) is 20.3 Å². The summed E-state index contributed by atoms with van der Waals surface area (Å²) in [6.45, 7) is 2.40. The fraction of sp³-hybridized carbons (Fsp3) is 0.412. The second-order valence-electron chi connectivity index (χ2n) is 5.69. The first-order chi connectivity index (χ1) is 11.1. The van der Waals surface area contributed by atoms with Crippen molar-refractivity contribution in [3.05, 3.63) is 41.6 Å². The number of hydrogen-bond donors (Lipinski definition) is 1. The van der Waals surface area contributed by atoms with Crippen LogP contribution in [-0.2, 0) is 0 Å². The van der Waals surface area contributed by atoms with Gasteiger partial charge in [0.15, 0.2) is 0 Å². The summed E-state index contributed by atoms with van der Waals surface area (Å²) in [7, 11) is 3.23. The lowest BCUT2D eigenvalue weighted by Crippen LogP contribution is -2.26. The van der Waals surface area contributed by atoms with Crippen LogP contribution in [0, 0.1) is 6.92 Å². The Bertz CT molecular complexity index is 693. The van der Waals surface area contributed by atoms with Gasteiger partial charge in [0.2, 0.25) is 11.8 Å². The summed E-state index contributed by atoms with van der Waals surface area (Å²) in [5, 5.41) is 10.2. The highest BCUT2D eigenvalue weighted by molar-refractivity contribution is 5.43. The molecule has 0 spiro atoms. The minimum Gasteiger partial charge on any atom is -0.497 e. The Hall–Kier alpha value is -2.34. The van der Waals surface area contributed by atoms with Crippen LogP contribution in [0.2, 0.25) is 0 Å². The number of aryl methyl sites for hydroxylation is 1. The summed E-state index contributed by atoms with van der Waals surface area (Å²) in [5.41, 5.74) is 1.91. The first-order valence-electron chi connectivity index (χ1n) is 7.59. The van der Waals surface area contributed by atoms with Crippen molar-refractivity contribution in [2.45, 2.75) is 25.5 Å². The number of rotatable bonds is 4. The molecule has 1 fully saturated rings. The molecule has 1 aromatic heterocycles. The van der Waals surface area contributed by atoms with Crippen molar-refractivity contribution in [3.8, 4) is 11.6 Å². The van der Waals surface area contributed by atoms with Gasteiger partial charge >= 0.3 is 0 Å². The number of methoxy groups -OCH3 is 2. The smallest absolute Gasteiger partial charge is 0.229 e. The molecule has 6 nitrogen and oxygen atoms in total. The monoisotopic (exact) mass is 315 g/mol. The van der Waals surface area contributed by atoms with E-state index in [9.17, 15) is 5.11 Å². The second-order valence-corrected chi connectivity index (χ2v) is 5.69. The van der Waals surface area contributed by atoms with E-state index in [-0.39, 0.29) is 6.04 Å². The molecule has 23 heavy (non-hydrogen) atoms. The highest BCUT2D eigenvalue weighted by Crippen LogP contribution is 2.36. The van der Waals surface area contributed by atoms with Crippen LogP contribution in [0.25, 0.3) is 0 Å². The maximum Gasteiger partial charge on any atom is 0.229 e. The van der Waals surface area contributed by atoms with Crippen molar-refractivity contribution in [3.63, 3.8) is 0 Å². The lowest BCUT2D eigenvalue weighted by Gasteiger charge is -2.25. The van der Waals surface area contributed by atoms with Crippen LogP contribution in [0.15, 0.2) is 30.3 Å². The average molecular weight is 315 g/mol. The summed E-state index contributed by atoms with van der Waals surface area (Å²) >= 11 is 0. The summed E-state index contributed by atoms with van der Waals surface area (Å²) < 4.78 is 10.5. The molecule has 0 bridgehead atoms. The zero-order valence-electron chi connectivity index (χ0n) is 13.6. The van der Waals surface area contributed by atoms with Gasteiger partial charge in [-0.05, 0) is 31.0 Å². The second kappa shape index (κ2) is 6.42. The Morgan fingerprint density at radius 3 is 2.74 bits per heavy atom. The van der Waals surface area contributed by atoms with E-state index in [1.807, 2.05) is 36.1 Å². The summed E-state index contributed by atoms with van der Waals surface area (Å²) in [6, 6.07) is 9.68. The number of β-amino-alcohol motifs (C(OH)–C–C–N with tert-alkyl or cyclic N) is 1. The molecule has 0 unspecified atom stereocenters. The van der Waals surface area contributed by atoms with Gasteiger partial charge in [-0.25, -0.2) is 4.98 Å². The van der Waals surface area contributed by atoms with E-state index in [1.165, 1.54) is 0 Å². The van der Waals surface area contributed by atoms with Crippen LogP contribution in [-0.4, -0.2) is 41.9 Å². The zero-order valence-corrected chi connectivity index (χ0v) is 13.6. The van der Waals surface area contributed by atoms with Gasteiger partial charge in [0.05, 0.1) is 26.4 Å². The molecular weight excluding hydrogens is 294 g/mol. The SMILES string of the molecule is COc1cccc([C@@H]2C[C@H](O)CN2c2nc(C)cc(OC)n2)c1. The van der Waals surface area contributed by atoms with Crippen molar-refractivity contribution in [2.75, 3.05) is 25.7 Å². The largest absolute Gasteiger partial charge is 0.497 e. The van der Waals surface area contributed by atoms with Gasteiger partial charge in [-0.1, -0.05) is 12.1 Å². The number of benzene rings is 1. The molecule has 1 aromatic carbocycles. The van der Waals surface area contributed by atoms with Crippen molar-refractivity contribution in [2.24, 2.45) is 0 Å². The third kappa shape index (κ3) is 3.22. The fourth-order valence-corrected chi connectivity index (χ4v) is 2.96. The third-order valence-electron chi connectivity index (χ3n) is 4.04. The van der Waals surface area contributed by atoms with Crippen molar-refractivity contribution < 1.29 is 14.6 Å². The van der Waals surface area contributed by atoms with Crippen molar-refractivity contribution >= 4 is 5.95 Å². The van der Waals surface area contributed by atoms with Gasteiger partial charge in [-0.2, -0.15) is 4.98 Å². The molecule has 6 heteroatoms. The number of nitrogens with zero attached hydrogens (tertiary/aromatic N) is 3. The van der Waals surface area contributed by atoms with Gasteiger partial charge in [0, 0.05) is 18.3 Å². The maximum atomic E-state index is 10.2. The molecule has 1 aliphatic rings. The highest BCUT2D eigenvalue weighted by Gasteiger charge is 2.34.